The van der Waals surface area contributed by atoms with Gasteiger partial charge >= 0.3 is 0 Å². The third-order valence-electron chi connectivity index (χ3n) is 7.78. The first-order valence-electron chi connectivity index (χ1n) is 13.3. The minimum atomic E-state index is 0.948. The van der Waals surface area contributed by atoms with Crippen molar-refractivity contribution in [3.05, 3.63) is 146 Å². The van der Waals surface area contributed by atoms with Crippen LogP contribution < -0.4 is 0 Å². The lowest BCUT2D eigenvalue weighted by molar-refractivity contribution is 1.10. The van der Waals surface area contributed by atoms with Crippen LogP contribution in [0.1, 0.15) is 0 Å². The molecule has 0 aliphatic rings. The van der Waals surface area contributed by atoms with Gasteiger partial charge in [-0.15, -0.1) is 0 Å². The number of imidazole rings is 1. The molecule has 0 N–H and O–H groups in total. The highest BCUT2D eigenvalue weighted by Crippen LogP contribution is 2.39. The Kier molecular flexibility index (Phi) is 4.86. The molecule has 0 saturated carbocycles. The lowest BCUT2D eigenvalue weighted by Crippen LogP contribution is -1.97. The lowest BCUT2D eigenvalue weighted by atomic mass is 9.91. The predicted octanol–water partition coefficient (Wildman–Crippen LogP) is 9.82. The molecule has 0 unspecified atom stereocenters. The SMILES string of the molecule is c1ccc(-n2c(-c3ccc(-c4cccc5ccc6ccc7ccccc7c6c45)cc3)nc3ccccc32)cc1. The number of hydrogen-bond acceptors (Lipinski definition) is 1. The third kappa shape index (κ3) is 3.46. The highest BCUT2D eigenvalue weighted by atomic mass is 15.1. The molecule has 0 spiro atoms. The summed E-state index contributed by atoms with van der Waals surface area (Å²) < 4.78 is 2.25. The van der Waals surface area contributed by atoms with E-state index >= 15 is 0 Å². The van der Waals surface area contributed by atoms with Crippen LogP contribution >= 0.6 is 0 Å². The molecular formula is C37H24N2. The highest BCUT2D eigenvalue weighted by Gasteiger charge is 2.15. The second kappa shape index (κ2) is 8.68. The molecular weight excluding hydrogens is 472 g/mol. The Labute approximate surface area is 226 Å². The Morgan fingerprint density at radius 3 is 1.92 bits per heavy atom. The summed E-state index contributed by atoms with van der Waals surface area (Å²) in [5.74, 6) is 0.948. The summed E-state index contributed by atoms with van der Waals surface area (Å²) in [5.41, 5.74) is 6.75. The fourth-order valence-corrected chi connectivity index (χ4v) is 5.97. The molecule has 0 aliphatic heterocycles. The number of hydrogen-bond donors (Lipinski definition) is 0. The first-order valence-corrected chi connectivity index (χ1v) is 13.3. The summed E-state index contributed by atoms with van der Waals surface area (Å²) in [4.78, 5) is 5.05. The fourth-order valence-electron chi connectivity index (χ4n) is 5.97. The van der Waals surface area contributed by atoms with Gasteiger partial charge in [0.15, 0.2) is 0 Å². The van der Waals surface area contributed by atoms with E-state index in [1.54, 1.807) is 0 Å². The van der Waals surface area contributed by atoms with Crippen LogP contribution in [-0.4, -0.2) is 9.55 Å². The fraction of sp³-hybridized carbons (Fsp3) is 0. The van der Waals surface area contributed by atoms with Crippen LogP contribution in [-0.2, 0) is 0 Å². The smallest absolute Gasteiger partial charge is 0.145 e. The zero-order chi connectivity index (χ0) is 25.8. The molecule has 0 atom stereocenters. The number of benzene rings is 7. The van der Waals surface area contributed by atoms with Gasteiger partial charge in [-0.3, -0.25) is 4.57 Å². The van der Waals surface area contributed by atoms with Crippen molar-refractivity contribution in [2.45, 2.75) is 0 Å². The molecule has 0 amide bonds. The van der Waals surface area contributed by atoms with Crippen LogP contribution in [0, 0.1) is 0 Å². The third-order valence-corrected chi connectivity index (χ3v) is 7.78. The zero-order valence-corrected chi connectivity index (χ0v) is 21.3. The molecule has 8 rings (SSSR count). The number of nitrogens with zero attached hydrogens (tertiary/aromatic N) is 2. The number of rotatable bonds is 3. The van der Waals surface area contributed by atoms with Crippen molar-refractivity contribution in [3.63, 3.8) is 0 Å². The number of fused-ring (bicyclic) bond motifs is 6. The van der Waals surface area contributed by atoms with E-state index in [4.69, 9.17) is 4.98 Å². The van der Waals surface area contributed by atoms with Gasteiger partial charge in [0.25, 0.3) is 0 Å². The van der Waals surface area contributed by atoms with E-state index in [2.05, 4.69) is 138 Å². The van der Waals surface area contributed by atoms with Gasteiger partial charge in [-0.25, -0.2) is 4.98 Å². The van der Waals surface area contributed by atoms with Crippen molar-refractivity contribution >= 4 is 43.4 Å². The summed E-state index contributed by atoms with van der Waals surface area (Å²) in [6, 6.07) is 52.0. The Balaban J connectivity index is 1.33. The average Bonchev–Trinajstić information content (AvgIpc) is 3.40. The Bertz CT molecular complexity index is 2150. The first kappa shape index (κ1) is 21.8. The first-order chi connectivity index (χ1) is 19.3. The van der Waals surface area contributed by atoms with Gasteiger partial charge in [-0.1, -0.05) is 121 Å². The van der Waals surface area contributed by atoms with E-state index in [9.17, 15) is 0 Å². The van der Waals surface area contributed by atoms with E-state index in [0.29, 0.717) is 0 Å². The van der Waals surface area contributed by atoms with Crippen LogP contribution in [0.4, 0.5) is 0 Å². The maximum Gasteiger partial charge on any atom is 0.145 e. The second-order valence-electron chi connectivity index (χ2n) is 10.0. The van der Waals surface area contributed by atoms with Gasteiger partial charge in [0, 0.05) is 11.3 Å². The van der Waals surface area contributed by atoms with Crippen molar-refractivity contribution in [2.75, 3.05) is 0 Å². The van der Waals surface area contributed by atoms with Crippen LogP contribution in [0.3, 0.4) is 0 Å². The summed E-state index contributed by atoms with van der Waals surface area (Å²) in [6.07, 6.45) is 0. The van der Waals surface area contributed by atoms with Crippen molar-refractivity contribution in [1.82, 2.24) is 9.55 Å². The molecule has 1 aromatic heterocycles. The molecule has 2 heteroatoms. The van der Waals surface area contributed by atoms with Crippen molar-refractivity contribution < 1.29 is 0 Å². The van der Waals surface area contributed by atoms with Crippen LogP contribution in [0.5, 0.6) is 0 Å². The molecule has 2 nitrogen and oxygen atoms in total. The molecule has 1 heterocycles. The van der Waals surface area contributed by atoms with E-state index < -0.39 is 0 Å². The summed E-state index contributed by atoms with van der Waals surface area (Å²) >= 11 is 0. The molecule has 0 radical (unpaired) electrons. The maximum absolute atomic E-state index is 5.05. The molecule has 8 aromatic rings. The molecule has 7 aromatic carbocycles. The van der Waals surface area contributed by atoms with Crippen LogP contribution in [0.2, 0.25) is 0 Å². The normalized spacial score (nSPS) is 11.6. The average molecular weight is 497 g/mol. The van der Waals surface area contributed by atoms with Crippen LogP contribution in [0.15, 0.2) is 146 Å². The Morgan fingerprint density at radius 2 is 1.08 bits per heavy atom. The molecule has 182 valence electrons. The van der Waals surface area contributed by atoms with E-state index in [1.165, 1.54) is 43.4 Å². The van der Waals surface area contributed by atoms with Gasteiger partial charge in [0.1, 0.15) is 5.82 Å². The minimum absolute atomic E-state index is 0.948. The van der Waals surface area contributed by atoms with Crippen LogP contribution in [0.25, 0.3) is 71.6 Å². The van der Waals surface area contributed by atoms with E-state index in [0.717, 1.165) is 28.1 Å². The minimum Gasteiger partial charge on any atom is -0.292 e. The van der Waals surface area contributed by atoms with Gasteiger partial charge in [-0.2, -0.15) is 0 Å². The van der Waals surface area contributed by atoms with Crippen molar-refractivity contribution in [2.24, 2.45) is 0 Å². The van der Waals surface area contributed by atoms with E-state index in [-0.39, 0.29) is 0 Å². The lowest BCUT2D eigenvalue weighted by Gasteiger charge is -2.14. The van der Waals surface area contributed by atoms with Gasteiger partial charge in [0.05, 0.1) is 11.0 Å². The van der Waals surface area contributed by atoms with Gasteiger partial charge < -0.3 is 0 Å². The Morgan fingerprint density at radius 1 is 0.436 bits per heavy atom. The monoisotopic (exact) mass is 496 g/mol. The topological polar surface area (TPSA) is 17.8 Å². The molecule has 0 saturated heterocycles. The van der Waals surface area contributed by atoms with Crippen molar-refractivity contribution in [3.8, 4) is 28.2 Å². The number of para-hydroxylation sites is 3. The quantitative estimate of drug-likeness (QED) is 0.223. The summed E-state index contributed by atoms with van der Waals surface area (Å²) in [5, 5.41) is 7.70. The number of aromatic nitrogens is 2. The van der Waals surface area contributed by atoms with E-state index in [1.807, 2.05) is 12.1 Å². The Hall–Kier alpha value is -5.21. The second-order valence-corrected chi connectivity index (χ2v) is 10.0. The predicted molar refractivity (Wildman–Crippen MR) is 164 cm³/mol. The highest BCUT2D eigenvalue weighted by molar-refractivity contribution is 6.23. The maximum atomic E-state index is 5.05. The van der Waals surface area contributed by atoms with Gasteiger partial charge in [0.2, 0.25) is 0 Å². The molecule has 39 heavy (non-hydrogen) atoms. The molecule has 0 aliphatic carbocycles. The van der Waals surface area contributed by atoms with Gasteiger partial charge in [-0.05, 0) is 67.7 Å². The molecule has 0 fully saturated rings. The molecule has 0 bridgehead atoms. The largest absolute Gasteiger partial charge is 0.292 e. The standard InChI is InChI=1S/C37H24N2/c1-2-11-30(12-3-1)39-34-16-7-6-15-33(34)38-37(39)29-23-18-26(19-24-29)32-14-8-10-27-21-22-28-20-17-25-9-4-5-13-31(25)36(28)35(27)32/h1-24H. The summed E-state index contributed by atoms with van der Waals surface area (Å²) in [7, 11) is 0. The summed E-state index contributed by atoms with van der Waals surface area (Å²) in [6.45, 7) is 0. The zero-order valence-electron chi connectivity index (χ0n) is 21.3. The van der Waals surface area contributed by atoms with Crippen molar-refractivity contribution in [1.29, 1.82) is 0 Å².